The summed E-state index contributed by atoms with van der Waals surface area (Å²) in [7, 11) is 1.62. The van der Waals surface area contributed by atoms with E-state index in [0.29, 0.717) is 17.7 Å². The average Bonchev–Trinajstić information content (AvgIpc) is 2.99. The maximum absolute atomic E-state index is 13.3. The molecule has 1 atom stereocenters. The van der Waals surface area contributed by atoms with Crippen LogP contribution in [0.15, 0.2) is 47.6 Å². The molecule has 0 amide bonds. The Morgan fingerprint density at radius 2 is 2.10 bits per heavy atom. The molecule has 2 aromatic carbocycles. The lowest BCUT2D eigenvalue weighted by atomic mass is 9.98. The molecule has 0 saturated heterocycles. The number of methoxy groups -OCH3 is 1. The number of nitrogens with zero attached hydrogens (tertiary/aromatic N) is 1. The van der Waals surface area contributed by atoms with Crippen molar-refractivity contribution in [2.75, 3.05) is 7.11 Å². The van der Waals surface area contributed by atoms with Gasteiger partial charge in [0, 0.05) is 17.5 Å². The second kappa shape index (κ2) is 5.44. The third kappa shape index (κ3) is 2.54. The van der Waals surface area contributed by atoms with Crippen LogP contribution in [-0.2, 0) is 0 Å². The number of benzene rings is 2. The van der Waals surface area contributed by atoms with Crippen molar-refractivity contribution in [3.63, 3.8) is 0 Å². The molecule has 0 aliphatic carbocycles. The SMILES string of the molecule is COc1ccccc1[C@H]1CC(c2cc(F)ccc2O)=NN1. The molecule has 1 aliphatic heterocycles. The summed E-state index contributed by atoms with van der Waals surface area (Å²) in [5.41, 5.74) is 5.04. The Morgan fingerprint density at radius 1 is 1.29 bits per heavy atom. The maximum atomic E-state index is 13.3. The van der Waals surface area contributed by atoms with E-state index in [4.69, 9.17) is 4.74 Å². The lowest BCUT2D eigenvalue weighted by Gasteiger charge is -2.14. The van der Waals surface area contributed by atoms with Gasteiger partial charge in [0.2, 0.25) is 0 Å². The van der Waals surface area contributed by atoms with E-state index in [2.05, 4.69) is 10.5 Å². The van der Waals surface area contributed by atoms with Gasteiger partial charge in [0.25, 0.3) is 0 Å². The first-order chi connectivity index (χ1) is 10.2. The third-order valence-corrected chi connectivity index (χ3v) is 3.54. The van der Waals surface area contributed by atoms with Gasteiger partial charge in [-0.25, -0.2) is 4.39 Å². The number of nitrogens with one attached hydrogen (secondary N) is 1. The van der Waals surface area contributed by atoms with E-state index in [-0.39, 0.29) is 11.8 Å². The zero-order valence-corrected chi connectivity index (χ0v) is 11.5. The minimum atomic E-state index is -0.397. The first-order valence-corrected chi connectivity index (χ1v) is 6.63. The summed E-state index contributed by atoms with van der Waals surface area (Å²) in [6, 6.07) is 11.5. The van der Waals surface area contributed by atoms with Crippen LogP contribution in [-0.4, -0.2) is 17.9 Å². The average molecular weight is 286 g/mol. The molecule has 0 radical (unpaired) electrons. The molecule has 0 aromatic heterocycles. The summed E-state index contributed by atoms with van der Waals surface area (Å²) in [5.74, 6) is 0.402. The number of aromatic hydroxyl groups is 1. The van der Waals surface area contributed by atoms with Gasteiger partial charge in [0.05, 0.1) is 18.9 Å². The highest BCUT2D eigenvalue weighted by molar-refractivity contribution is 6.04. The van der Waals surface area contributed by atoms with Crippen molar-refractivity contribution in [2.24, 2.45) is 5.10 Å². The molecule has 108 valence electrons. The number of para-hydroxylation sites is 1. The fourth-order valence-electron chi connectivity index (χ4n) is 2.48. The lowest BCUT2D eigenvalue weighted by Crippen LogP contribution is -2.11. The number of phenols is 1. The molecule has 1 heterocycles. The fourth-order valence-corrected chi connectivity index (χ4v) is 2.48. The van der Waals surface area contributed by atoms with Crippen LogP contribution in [0.2, 0.25) is 0 Å². The third-order valence-electron chi connectivity index (χ3n) is 3.54. The molecular formula is C16H15FN2O2. The van der Waals surface area contributed by atoms with E-state index in [9.17, 15) is 9.50 Å². The summed E-state index contributed by atoms with van der Waals surface area (Å²) < 4.78 is 18.7. The molecule has 0 bridgehead atoms. The van der Waals surface area contributed by atoms with Gasteiger partial charge in [-0.1, -0.05) is 18.2 Å². The first kappa shape index (κ1) is 13.4. The van der Waals surface area contributed by atoms with Gasteiger partial charge in [0.1, 0.15) is 17.3 Å². The van der Waals surface area contributed by atoms with E-state index >= 15 is 0 Å². The van der Waals surface area contributed by atoms with E-state index in [0.717, 1.165) is 11.3 Å². The van der Waals surface area contributed by atoms with E-state index in [1.807, 2.05) is 24.3 Å². The van der Waals surface area contributed by atoms with E-state index in [1.165, 1.54) is 18.2 Å². The van der Waals surface area contributed by atoms with Crippen LogP contribution in [0, 0.1) is 5.82 Å². The highest BCUT2D eigenvalue weighted by Gasteiger charge is 2.25. The Labute approximate surface area is 121 Å². The summed E-state index contributed by atoms with van der Waals surface area (Å²) in [6.07, 6.45) is 0.553. The Morgan fingerprint density at radius 3 is 2.90 bits per heavy atom. The van der Waals surface area contributed by atoms with Gasteiger partial charge in [-0.3, -0.25) is 0 Å². The molecule has 2 aromatic rings. The molecule has 0 fully saturated rings. The summed E-state index contributed by atoms with van der Waals surface area (Å²) >= 11 is 0. The molecule has 4 nitrogen and oxygen atoms in total. The van der Waals surface area contributed by atoms with Gasteiger partial charge in [-0.15, -0.1) is 0 Å². The van der Waals surface area contributed by atoms with Crippen LogP contribution in [0.25, 0.3) is 0 Å². The highest BCUT2D eigenvalue weighted by Crippen LogP contribution is 2.32. The predicted octanol–water partition coefficient (Wildman–Crippen LogP) is 2.98. The molecule has 0 unspecified atom stereocenters. The van der Waals surface area contributed by atoms with Gasteiger partial charge >= 0.3 is 0 Å². The lowest BCUT2D eigenvalue weighted by molar-refractivity contribution is 0.402. The quantitative estimate of drug-likeness (QED) is 0.912. The standard InChI is InChI=1S/C16H15FN2O2/c1-21-16-5-3-2-4-11(16)13-9-14(19-18-13)12-8-10(17)6-7-15(12)20/h2-8,13,18,20H,9H2,1H3/t13-/m1/s1. The second-order valence-electron chi connectivity index (χ2n) is 4.85. The van der Waals surface area contributed by atoms with Gasteiger partial charge in [-0.05, 0) is 24.3 Å². The van der Waals surface area contributed by atoms with Crippen LogP contribution in [0.1, 0.15) is 23.6 Å². The van der Waals surface area contributed by atoms with E-state index in [1.54, 1.807) is 7.11 Å². The number of hydrazone groups is 1. The van der Waals surface area contributed by atoms with Crippen molar-refractivity contribution < 1.29 is 14.2 Å². The zero-order chi connectivity index (χ0) is 14.8. The normalized spacial score (nSPS) is 17.2. The monoisotopic (exact) mass is 286 g/mol. The molecule has 5 heteroatoms. The van der Waals surface area contributed by atoms with Crippen molar-refractivity contribution in [2.45, 2.75) is 12.5 Å². The summed E-state index contributed by atoms with van der Waals surface area (Å²) in [6.45, 7) is 0. The number of hydrogen-bond donors (Lipinski definition) is 2. The number of hydrogen-bond acceptors (Lipinski definition) is 4. The molecule has 0 spiro atoms. The van der Waals surface area contributed by atoms with E-state index < -0.39 is 5.82 Å². The van der Waals surface area contributed by atoms with Gasteiger partial charge in [-0.2, -0.15) is 5.10 Å². The van der Waals surface area contributed by atoms with Crippen LogP contribution in [0.5, 0.6) is 11.5 Å². The van der Waals surface area contributed by atoms with Crippen LogP contribution >= 0.6 is 0 Å². The second-order valence-corrected chi connectivity index (χ2v) is 4.85. The Bertz CT molecular complexity index is 700. The molecule has 2 N–H and O–H groups in total. The number of phenolic OH excluding ortho intramolecular Hbond substituents is 1. The van der Waals surface area contributed by atoms with Gasteiger partial charge < -0.3 is 15.3 Å². The van der Waals surface area contributed by atoms with Crippen molar-refractivity contribution in [3.05, 3.63) is 59.4 Å². The molecular weight excluding hydrogens is 271 g/mol. The molecule has 21 heavy (non-hydrogen) atoms. The topological polar surface area (TPSA) is 53.9 Å². The summed E-state index contributed by atoms with van der Waals surface area (Å²) in [5, 5.41) is 14.1. The number of rotatable bonds is 3. The predicted molar refractivity (Wildman–Crippen MR) is 78.1 cm³/mol. The van der Waals surface area contributed by atoms with Crippen molar-refractivity contribution in [1.82, 2.24) is 5.43 Å². The highest BCUT2D eigenvalue weighted by atomic mass is 19.1. The minimum absolute atomic E-state index is 0.0256. The molecule has 1 aliphatic rings. The number of halogens is 1. The Kier molecular flexibility index (Phi) is 3.48. The summed E-state index contributed by atoms with van der Waals surface area (Å²) in [4.78, 5) is 0. The van der Waals surface area contributed by atoms with Crippen LogP contribution in [0.4, 0.5) is 4.39 Å². The molecule has 0 saturated carbocycles. The van der Waals surface area contributed by atoms with Gasteiger partial charge in [0.15, 0.2) is 0 Å². The minimum Gasteiger partial charge on any atom is -0.507 e. The number of ether oxygens (including phenoxy) is 1. The van der Waals surface area contributed by atoms with Crippen molar-refractivity contribution in [3.8, 4) is 11.5 Å². The largest absolute Gasteiger partial charge is 0.507 e. The van der Waals surface area contributed by atoms with Crippen LogP contribution < -0.4 is 10.2 Å². The fraction of sp³-hybridized carbons (Fsp3) is 0.188. The first-order valence-electron chi connectivity index (χ1n) is 6.63. The Balaban J connectivity index is 1.86. The zero-order valence-electron chi connectivity index (χ0n) is 11.5. The maximum Gasteiger partial charge on any atom is 0.124 e. The van der Waals surface area contributed by atoms with Crippen LogP contribution in [0.3, 0.4) is 0 Å². The van der Waals surface area contributed by atoms with Crippen molar-refractivity contribution in [1.29, 1.82) is 0 Å². The Hall–Kier alpha value is -2.56. The smallest absolute Gasteiger partial charge is 0.124 e. The van der Waals surface area contributed by atoms with Crippen molar-refractivity contribution >= 4 is 5.71 Å². The molecule has 3 rings (SSSR count).